The molecule has 2 aromatic rings. The molecule has 3 heterocycles. The Balaban J connectivity index is 1.29. The third kappa shape index (κ3) is 5.54. The van der Waals surface area contributed by atoms with Gasteiger partial charge < -0.3 is 29.8 Å². The molecule has 0 saturated carbocycles. The number of hydrogen-bond acceptors (Lipinski definition) is 10. The lowest BCUT2D eigenvalue weighted by Crippen LogP contribution is -2.55. The van der Waals surface area contributed by atoms with E-state index < -0.39 is 17.9 Å². The number of carbonyl (C=O) groups excluding carboxylic acids is 2. The number of carbonyl (C=O) groups is 2. The number of likely N-dealkylation sites (tertiary alicyclic amines) is 1. The number of halogens is 1. The third-order valence-corrected chi connectivity index (χ3v) is 5.26. The quantitative estimate of drug-likeness (QED) is 0.307. The second-order valence-electron chi connectivity index (χ2n) is 7.78. The van der Waals surface area contributed by atoms with E-state index in [4.69, 9.17) is 20.7 Å². The summed E-state index contributed by atoms with van der Waals surface area (Å²) in [5.74, 6) is -0.675. The predicted octanol–water partition coefficient (Wildman–Crippen LogP) is 1.05. The lowest BCUT2D eigenvalue weighted by Gasteiger charge is -2.37. The van der Waals surface area contributed by atoms with Gasteiger partial charge in [0.25, 0.3) is 0 Å². The van der Waals surface area contributed by atoms with E-state index in [-0.39, 0.29) is 29.9 Å². The third-order valence-electron chi connectivity index (χ3n) is 5.26. The minimum Gasteiger partial charge on any atom is -0.453 e. The zero-order valence-electron chi connectivity index (χ0n) is 18.7. The number of alkyl carbamates (subject to hydrolysis) is 1. The van der Waals surface area contributed by atoms with Gasteiger partial charge in [0.1, 0.15) is 12.4 Å². The Kier molecular flexibility index (Phi) is 6.89. The maximum atomic E-state index is 14.9. The largest absolute Gasteiger partial charge is 0.453 e. The number of nitrogens with two attached hydrogens (primary N) is 1. The first-order valence-corrected chi connectivity index (χ1v) is 10.5. The van der Waals surface area contributed by atoms with Crippen molar-refractivity contribution in [2.45, 2.75) is 12.7 Å². The van der Waals surface area contributed by atoms with Crippen molar-refractivity contribution in [3.8, 4) is 11.1 Å². The van der Waals surface area contributed by atoms with Crippen molar-refractivity contribution in [2.75, 3.05) is 38.2 Å². The normalized spacial score (nSPS) is 15.0. The van der Waals surface area contributed by atoms with Crippen molar-refractivity contribution in [2.24, 2.45) is 10.9 Å². The second-order valence-corrected chi connectivity index (χ2v) is 7.78. The van der Waals surface area contributed by atoms with Crippen LogP contribution in [0.15, 0.2) is 35.7 Å². The molecule has 0 radical (unpaired) electrons. The molecule has 2 amide bonds. The van der Waals surface area contributed by atoms with Gasteiger partial charge in [-0.1, -0.05) is 23.4 Å². The Bertz CT molecular complexity index is 1140. The van der Waals surface area contributed by atoms with Crippen LogP contribution in [0.5, 0.6) is 0 Å². The molecule has 0 bridgehead atoms. The van der Waals surface area contributed by atoms with E-state index in [2.05, 4.69) is 19.9 Å². The van der Waals surface area contributed by atoms with Crippen molar-refractivity contribution >= 4 is 29.8 Å². The minimum absolute atomic E-state index is 0.147. The summed E-state index contributed by atoms with van der Waals surface area (Å²) in [6.45, 7) is 1.53. The molecule has 184 valence electrons. The molecule has 2 aliphatic heterocycles. The SMILES string of the molecule is COC(=O)N1CC(ON=C2CN(c3ncc(-c4cccc(COC(=O)NC(=N)N)c4F)cn3)C2)C1. The molecule has 4 rings (SSSR count). The molecule has 0 aliphatic carbocycles. The molecule has 1 aromatic heterocycles. The van der Waals surface area contributed by atoms with Crippen LogP contribution in [0, 0.1) is 11.2 Å². The number of nitrogens with one attached hydrogen (secondary N) is 2. The van der Waals surface area contributed by atoms with Gasteiger partial charge in [-0.3, -0.25) is 10.7 Å². The average Bonchev–Trinajstić information content (AvgIpc) is 2.78. The summed E-state index contributed by atoms with van der Waals surface area (Å²) in [5.41, 5.74) is 6.73. The van der Waals surface area contributed by atoms with Gasteiger partial charge in [-0.2, -0.15) is 0 Å². The van der Waals surface area contributed by atoms with Crippen LogP contribution < -0.4 is 16.0 Å². The van der Waals surface area contributed by atoms with Crippen LogP contribution in [0.25, 0.3) is 11.1 Å². The van der Waals surface area contributed by atoms with Crippen LogP contribution in [0.3, 0.4) is 0 Å². The van der Waals surface area contributed by atoms with Gasteiger partial charge in [0, 0.05) is 29.1 Å². The van der Waals surface area contributed by atoms with Gasteiger partial charge in [-0.15, -0.1) is 0 Å². The maximum Gasteiger partial charge on any atom is 0.414 e. The molecule has 14 heteroatoms. The van der Waals surface area contributed by atoms with Gasteiger partial charge in [-0.05, 0) is 0 Å². The number of rotatable bonds is 6. The van der Waals surface area contributed by atoms with Crippen LogP contribution in [0.1, 0.15) is 5.56 Å². The summed E-state index contributed by atoms with van der Waals surface area (Å²) in [7, 11) is 1.33. The fourth-order valence-corrected chi connectivity index (χ4v) is 3.35. The Morgan fingerprint density at radius 1 is 1.29 bits per heavy atom. The highest BCUT2D eigenvalue weighted by Crippen LogP contribution is 2.26. The predicted molar refractivity (Wildman–Crippen MR) is 121 cm³/mol. The van der Waals surface area contributed by atoms with E-state index in [0.29, 0.717) is 37.7 Å². The smallest absolute Gasteiger partial charge is 0.414 e. The van der Waals surface area contributed by atoms with Crippen molar-refractivity contribution in [3.63, 3.8) is 0 Å². The first-order chi connectivity index (χ1) is 16.8. The lowest BCUT2D eigenvalue weighted by atomic mass is 10.1. The fraction of sp³-hybridized carbons (Fsp3) is 0.333. The Labute approximate surface area is 199 Å². The number of oxime groups is 1. The van der Waals surface area contributed by atoms with Crippen LogP contribution in [0.4, 0.5) is 19.9 Å². The number of benzene rings is 1. The molecule has 0 unspecified atom stereocenters. The lowest BCUT2D eigenvalue weighted by molar-refractivity contribution is -0.0456. The number of guanidine groups is 1. The maximum absolute atomic E-state index is 14.9. The van der Waals surface area contributed by atoms with E-state index in [9.17, 15) is 14.0 Å². The summed E-state index contributed by atoms with van der Waals surface area (Å²) < 4.78 is 24.4. The summed E-state index contributed by atoms with van der Waals surface area (Å²) in [6, 6.07) is 4.67. The first-order valence-electron chi connectivity index (χ1n) is 10.5. The topological polar surface area (TPSA) is 168 Å². The van der Waals surface area contributed by atoms with Crippen LogP contribution >= 0.6 is 0 Å². The van der Waals surface area contributed by atoms with Crippen LogP contribution in [-0.4, -0.2) is 78.1 Å². The monoisotopic (exact) mass is 486 g/mol. The number of nitrogens with zero attached hydrogens (tertiary/aromatic N) is 5. The van der Waals surface area contributed by atoms with Gasteiger partial charge in [0.05, 0.1) is 39.0 Å². The number of amides is 2. The molecular weight excluding hydrogens is 463 g/mol. The number of ether oxygens (including phenoxy) is 2. The van der Waals surface area contributed by atoms with Gasteiger partial charge in [0.2, 0.25) is 5.95 Å². The van der Waals surface area contributed by atoms with Crippen molar-refractivity contribution in [1.82, 2.24) is 20.2 Å². The van der Waals surface area contributed by atoms with Crippen molar-refractivity contribution in [1.29, 1.82) is 5.41 Å². The van der Waals surface area contributed by atoms with E-state index in [1.54, 1.807) is 12.1 Å². The van der Waals surface area contributed by atoms with E-state index >= 15 is 0 Å². The van der Waals surface area contributed by atoms with Gasteiger partial charge >= 0.3 is 12.2 Å². The number of hydrogen-bond donors (Lipinski definition) is 3. The first kappa shape index (κ1) is 23.7. The fourth-order valence-electron chi connectivity index (χ4n) is 3.35. The highest BCUT2D eigenvalue weighted by molar-refractivity contribution is 5.98. The van der Waals surface area contributed by atoms with E-state index in [1.165, 1.54) is 30.5 Å². The Morgan fingerprint density at radius 3 is 2.66 bits per heavy atom. The molecule has 2 saturated heterocycles. The Hall–Kier alpha value is -4.49. The summed E-state index contributed by atoms with van der Waals surface area (Å²) in [6.07, 6.45) is 1.54. The minimum atomic E-state index is -0.950. The molecule has 2 fully saturated rings. The van der Waals surface area contributed by atoms with Crippen LogP contribution in [-0.2, 0) is 20.9 Å². The zero-order chi connectivity index (χ0) is 24.9. The summed E-state index contributed by atoms with van der Waals surface area (Å²) in [4.78, 5) is 40.2. The molecule has 0 spiro atoms. The molecule has 1 aromatic carbocycles. The van der Waals surface area contributed by atoms with Crippen molar-refractivity contribution < 1.29 is 28.3 Å². The number of anilines is 1. The average molecular weight is 486 g/mol. The highest BCUT2D eigenvalue weighted by Gasteiger charge is 2.34. The molecule has 13 nitrogen and oxygen atoms in total. The van der Waals surface area contributed by atoms with E-state index in [0.717, 1.165) is 5.71 Å². The van der Waals surface area contributed by atoms with Crippen molar-refractivity contribution in [3.05, 3.63) is 42.0 Å². The zero-order valence-corrected chi connectivity index (χ0v) is 18.7. The second kappa shape index (κ2) is 10.2. The number of aromatic nitrogens is 2. The summed E-state index contributed by atoms with van der Waals surface area (Å²) >= 11 is 0. The molecule has 35 heavy (non-hydrogen) atoms. The highest BCUT2D eigenvalue weighted by atomic mass is 19.1. The number of methoxy groups -OCH3 is 1. The van der Waals surface area contributed by atoms with Gasteiger partial charge in [-0.25, -0.2) is 23.9 Å². The molecular formula is C21H23FN8O5. The molecule has 2 aliphatic rings. The van der Waals surface area contributed by atoms with Gasteiger partial charge in [0.15, 0.2) is 12.1 Å². The standard InChI is InChI=1S/C21H23FN8O5/c1-33-21(32)30-9-15(10-30)35-28-14-7-29(8-14)19-25-5-13(6-26-19)16-4-2-3-12(17(16)22)11-34-20(31)27-18(23)24/h2-6,15H,7-11H2,1H3,(H4,23,24,27,31). The van der Waals surface area contributed by atoms with E-state index in [1.807, 2.05) is 10.2 Å². The Morgan fingerprint density at radius 2 is 2.00 bits per heavy atom. The summed E-state index contributed by atoms with van der Waals surface area (Å²) in [5, 5.41) is 13.1. The molecule has 4 N–H and O–H groups in total. The van der Waals surface area contributed by atoms with Crippen LogP contribution in [0.2, 0.25) is 0 Å². The molecule has 0 atom stereocenters.